The first kappa shape index (κ1) is 9.51. The van der Waals surface area contributed by atoms with Crippen LogP contribution in [0.1, 0.15) is 25.2 Å². The van der Waals surface area contributed by atoms with Crippen molar-refractivity contribution in [1.29, 1.82) is 0 Å². The van der Waals surface area contributed by atoms with Gasteiger partial charge in [-0.1, -0.05) is 16.9 Å². The van der Waals surface area contributed by atoms with Crippen molar-refractivity contribution in [2.75, 3.05) is 12.3 Å². The molecule has 1 aromatic heterocycles. The Hall–Kier alpha value is -1.04. The highest BCUT2D eigenvalue weighted by molar-refractivity contribution is 8.13. The third kappa shape index (κ3) is 2.25. The number of hydrogen-bond donors (Lipinski definition) is 1. The van der Waals surface area contributed by atoms with Crippen molar-refractivity contribution in [2.45, 2.75) is 19.4 Å². The molecule has 2 rings (SSSR count). The first-order valence-corrected chi connectivity index (χ1v) is 5.55. The molecule has 0 saturated carbocycles. The van der Waals surface area contributed by atoms with E-state index in [1.165, 1.54) is 6.39 Å². The van der Waals surface area contributed by atoms with Gasteiger partial charge in [0.2, 0.25) is 6.39 Å². The average molecular weight is 212 g/mol. The molecule has 1 N–H and O–H groups in total. The molecule has 0 amide bonds. The minimum absolute atomic E-state index is 0.0538. The number of nitrogens with one attached hydrogen (secondary N) is 1. The fourth-order valence-corrected chi connectivity index (χ4v) is 2.08. The zero-order chi connectivity index (χ0) is 9.80. The quantitative estimate of drug-likeness (QED) is 0.798. The standard InChI is InChI=1S/C8H12N4OS/c1-6(7-10-5-13-12-7)11-8-9-3-2-4-14-8/h5-6H,2-4H2,1H3,(H,9,11). The summed E-state index contributed by atoms with van der Waals surface area (Å²) in [4.78, 5) is 8.34. The number of aromatic nitrogens is 2. The molecule has 0 aliphatic carbocycles. The zero-order valence-electron chi connectivity index (χ0n) is 7.93. The molecule has 2 heterocycles. The van der Waals surface area contributed by atoms with Gasteiger partial charge in [-0.2, -0.15) is 4.98 Å². The van der Waals surface area contributed by atoms with Crippen molar-refractivity contribution in [3.8, 4) is 0 Å². The Morgan fingerprint density at radius 2 is 2.57 bits per heavy atom. The number of hydrogen-bond acceptors (Lipinski definition) is 6. The molecule has 76 valence electrons. The van der Waals surface area contributed by atoms with Crippen LogP contribution in [0, 0.1) is 0 Å². The Morgan fingerprint density at radius 1 is 1.64 bits per heavy atom. The van der Waals surface area contributed by atoms with E-state index in [1.807, 2.05) is 6.92 Å². The molecule has 0 radical (unpaired) electrons. The molecule has 6 heteroatoms. The smallest absolute Gasteiger partial charge is 0.213 e. The van der Waals surface area contributed by atoms with Crippen LogP contribution >= 0.6 is 11.8 Å². The third-order valence-electron chi connectivity index (χ3n) is 1.90. The number of rotatable bonds is 2. The number of nitrogens with zero attached hydrogens (tertiary/aromatic N) is 3. The monoisotopic (exact) mass is 212 g/mol. The topological polar surface area (TPSA) is 63.3 Å². The van der Waals surface area contributed by atoms with Gasteiger partial charge < -0.3 is 9.84 Å². The van der Waals surface area contributed by atoms with E-state index in [1.54, 1.807) is 11.8 Å². The van der Waals surface area contributed by atoms with Crippen molar-refractivity contribution in [3.05, 3.63) is 12.2 Å². The SMILES string of the molecule is CC(NC1=NCCCS1)c1ncon1. The molecular weight excluding hydrogens is 200 g/mol. The van der Waals surface area contributed by atoms with Crippen molar-refractivity contribution in [3.63, 3.8) is 0 Å². The van der Waals surface area contributed by atoms with Gasteiger partial charge in [0, 0.05) is 12.3 Å². The molecule has 0 spiro atoms. The van der Waals surface area contributed by atoms with Gasteiger partial charge in [0.05, 0.1) is 6.04 Å². The molecule has 0 aromatic carbocycles. The summed E-state index contributed by atoms with van der Waals surface area (Å²) < 4.78 is 4.68. The maximum Gasteiger partial charge on any atom is 0.213 e. The summed E-state index contributed by atoms with van der Waals surface area (Å²) in [5.74, 6) is 1.80. The van der Waals surface area contributed by atoms with Gasteiger partial charge >= 0.3 is 0 Å². The highest BCUT2D eigenvalue weighted by Gasteiger charge is 2.13. The van der Waals surface area contributed by atoms with E-state index in [-0.39, 0.29) is 6.04 Å². The summed E-state index contributed by atoms with van der Waals surface area (Å²) in [5, 5.41) is 8.00. The Balaban J connectivity index is 1.94. The van der Waals surface area contributed by atoms with E-state index in [0.717, 1.165) is 23.9 Å². The van der Waals surface area contributed by atoms with E-state index in [0.29, 0.717) is 5.82 Å². The van der Waals surface area contributed by atoms with Gasteiger partial charge in [-0.25, -0.2) is 0 Å². The van der Waals surface area contributed by atoms with E-state index in [9.17, 15) is 0 Å². The second-order valence-electron chi connectivity index (χ2n) is 3.04. The largest absolute Gasteiger partial charge is 0.355 e. The molecular formula is C8H12N4OS. The highest BCUT2D eigenvalue weighted by Crippen LogP contribution is 2.14. The van der Waals surface area contributed by atoms with E-state index in [4.69, 9.17) is 0 Å². The van der Waals surface area contributed by atoms with Crippen LogP contribution in [0.3, 0.4) is 0 Å². The summed E-state index contributed by atoms with van der Waals surface area (Å²) in [5.41, 5.74) is 0. The lowest BCUT2D eigenvalue weighted by atomic mass is 10.3. The van der Waals surface area contributed by atoms with Gasteiger partial charge in [-0.15, -0.1) is 0 Å². The van der Waals surface area contributed by atoms with E-state index in [2.05, 4.69) is 25.0 Å². The van der Waals surface area contributed by atoms with Gasteiger partial charge in [0.1, 0.15) is 0 Å². The lowest BCUT2D eigenvalue weighted by Gasteiger charge is -2.16. The van der Waals surface area contributed by atoms with E-state index < -0.39 is 0 Å². The summed E-state index contributed by atoms with van der Waals surface area (Å²) in [6.45, 7) is 2.90. The fraction of sp³-hybridized carbons (Fsp3) is 0.625. The van der Waals surface area contributed by atoms with Crippen LogP contribution in [0.25, 0.3) is 0 Å². The lowest BCUT2D eigenvalue weighted by Crippen LogP contribution is -2.27. The first-order chi connectivity index (χ1) is 6.86. The van der Waals surface area contributed by atoms with Crippen LogP contribution in [0.4, 0.5) is 0 Å². The molecule has 5 nitrogen and oxygen atoms in total. The Labute approximate surface area is 86.4 Å². The fourth-order valence-electron chi connectivity index (χ4n) is 1.17. The van der Waals surface area contributed by atoms with Crippen molar-refractivity contribution in [1.82, 2.24) is 15.5 Å². The molecule has 0 saturated heterocycles. The van der Waals surface area contributed by atoms with Crippen LogP contribution in [0.15, 0.2) is 15.9 Å². The summed E-state index contributed by atoms with van der Waals surface area (Å²) >= 11 is 1.74. The maximum absolute atomic E-state index is 4.68. The van der Waals surface area contributed by atoms with Crippen LogP contribution in [0.2, 0.25) is 0 Å². The molecule has 1 unspecified atom stereocenters. The number of thioether (sulfide) groups is 1. The predicted molar refractivity (Wildman–Crippen MR) is 55.2 cm³/mol. The third-order valence-corrected chi connectivity index (χ3v) is 2.92. The Bertz CT molecular complexity index is 311. The normalized spacial score (nSPS) is 18.8. The van der Waals surface area contributed by atoms with Crippen molar-refractivity contribution in [2.24, 2.45) is 4.99 Å². The van der Waals surface area contributed by atoms with Gasteiger partial charge in [-0.3, -0.25) is 4.99 Å². The molecule has 0 bridgehead atoms. The van der Waals surface area contributed by atoms with Crippen LogP contribution in [-0.2, 0) is 0 Å². The van der Waals surface area contributed by atoms with Crippen molar-refractivity contribution >= 4 is 16.9 Å². The van der Waals surface area contributed by atoms with E-state index >= 15 is 0 Å². The number of aliphatic imine (C=N–C) groups is 1. The minimum Gasteiger partial charge on any atom is -0.355 e. The maximum atomic E-state index is 4.68. The Morgan fingerprint density at radius 3 is 3.21 bits per heavy atom. The zero-order valence-corrected chi connectivity index (χ0v) is 8.75. The molecule has 1 aromatic rings. The summed E-state index contributed by atoms with van der Waals surface area (Å²) in [6.07, 6.45) is 2.50. The van der Waals surface area contributed by atoms with Gasteiger partial charge in [0.25, 0.3) is 0 Å². The predicted octanol–water partition coefficient (Wildman–Crippen LogP) is 1.21. The average Bonchev–Trinajstić information content (AvgIpc) is 2.72. The van der Waals surface area contributed by atoms with Gasteiger partial charge in [0.15, 0.2) is 11.0 Å². The lowest BCUT2D eigenvalue weighted by molar-refractivity contribution is 0.404. The minimum atomic E-state index is 0.0538. The molecule has 1 atom stereocenters. The molecule has 1 aliphatic heterocycles. The van der Waals surface area contributed by atoms with Gasteiger partial charge in [-0.05, 0) is 13.3 Å². The molecule has 0 fully saturated rings. The van der Waals surface area contributed by atoms with Crippen LogP contribution in [0.5, 0.6) is 0 Å². The van der Waals surface area contributed by atoms with Crippen LogP contribution in [-0.4, -0.2) is 27.6 Å². The Kier molecular flexibility index (Phi) is 3.03. The summed E-state index contributed by atoms with van der Waals surface area (Å²) in [7, 11) is 0. The highest BCUT2D eigenvalue weighted by atomic mass is 32.2. The van der Waals surface area contributed by atoms with Crippen LogP contribution < -0.4 is 5.32 Å². The molecule has 1 aliphatic rings. The first-order valence-electron chi connectivity index (χ1n) is 4.56. The molecule has 14 heavy (non-hydrogen) atoms. The van der Waals surface area contributed by atoms with Crippen molar-refractivity contribution < 1.29 is 4.52 Å². The second-order valence-corrected chi connectivity index (χ2v) is 4.13. The number of amidine groups is 1. The second kappa shape index (κ2) is 4.45. The summed E-state index contributed by atoms with van der Waals surface area (Å²) in [6, 6.07) is 0.0538.